The van der Waals surface area contributed by atoms with Gasteiger partial charge in [0.25, 0.3) is 0 Å². The van der Waals surface area contributed by atoms with E-state index in [1.54, 1.807) is 0 Å². The van der Waals surface area contributed by atoms with Crippen molar-refractivity contribution in [3.05, 3.63) is 100 Å². The van der Waals surface area contributed by atoms with Gasteiger partial charge in [-0.2, -0.15) is 5.26 Å². The summed E-state index contributed by atoms with van der Waals surface area (Å²) in [5.74, 6) is 0.946. The third-order valence-corrected chi connectivity index (χ3v) is 4.76. The van der Waals surface area contributed by atoms with Crippen LogP contribution in [-0.2, 0) is 4.74 Å². The average Bonchev–Trinajstić information content (AvgIpc) is 3.04. The molecule has 0 amide bonds. The van der Waals surface area contributed by atoms with Gasteiger partial charge in [0.1, 0.15) is 17.4 Å². The van der Waals surface area contributed by atoms with Crippen LogP contribution < -0.4 is 5.73 Å². The van der Waals surface area contributed by atoms with E-state index in [4.69, 9.17) is 10.5 Å². The van der Waals surface area contributed by atoms with Crippen molar-refractivity contribution in [2.45, 2.75) is 18.8 Å². The van der Waals surface area contributed by atoms with Gasteiger partial charge in [0.2, 0.25) is 5.88 Å². The van der Waals surface area contributed by atoms with Gasteiger partial charge in [0.15, 0.2) is 0 Å². The Bertz CT molecular complexity index is 931. The van der Waals surface area contributed by atoms with Crippen molar-refractivity contribution in [2.24, 2.45) is 5.73 Å². The van der Waals surface area contributed by atoms with Gasteiger partial charge in [-0.1, -0.05) is 60.7 Å². The monoisotopic (exact) mass is 326 g/mol. The molecule has 2 aromatic carbocycles. The van der Waals surface area contributed by atoms with Crippen molar-refractivity contribution in [1.82, 2.24) is 0 Å². The number of hydrogen-bond acceptors (Lipinski definition) is 3. The van der Waals surface area contributed by atoms with E-state index in [2.05, 4.69) is 24.3 Å². The summed E-state index contributed by atoms with van der Waals surface area (Å²) in [5.41, 5.74) is 11.1. The molecule has 2 aromatic rings. The average molecular weight is 326 g/mol. The van der Waals surface area contributed by atoms with Crippen LogP contribution in [0.5, 0.6) is 0 Å². The Kier molecular flexibility index (Phi) is 3.87. The summed E-state index contributed by atoms with van der Waals surface area (Å²) < 4.78 is 5.90. The van der Waals surface area contributed by atoms with Gasteiger partial charge in [-0.3, -0.25) is 0 Å². The fraction of sp³-hybridized carbons (Fsp3) is 0.136. The Morgan fingerprint density at radius 3 is 2.36 bits per heavy atom. The number of ether oxygens (including phenoxy) is 1. The zero-order valence-corrected chi connectivity index (χ0v) is 13.8. The molecule has 0 spiro atoms. The molecule has 4 rings (SSSR count). The van der Waals surface area contributed by atoms with Crippen molar-refractivity contribution in [2.75, 3.05) is 0 Å². The van der Waals surface area contributed by atoms with Crippen LogP contribution in [0, 0.1) is 11.3 Å². The first-order valence-electron chi connectivity index (χ1n) is 8.39. The lowest BCUT2D eigenvalue weighted by Crippen LogP contribution is -2.19. The lowest BCUT2D eigenvalue weighted by atomic mass is 9.83. The van der Waals surface area contributed by atoms with Gasteiger partial charge >= 0.3 is 0 Å². The van der Waals surface area contributed by atoms with Gasteiger partial charge < -0.3 is 10.5 Å². The molecule has 2 N–H and O–H groups in total. The fourth-order valence-electron chi connectivity index (χ4n) is 3.61. The molecule has 0 aromatic heterocycles. The van der Waals surface area contributed by atoms with Crippen LogP contribution >= 0.6 is 0 Å². The minimum absolute atomic E-state index is 0.114. The molecule has 0 bridgehead atoms. The second kappa shape index (κ2) is 6.33. The summed E-state index contributed by atoms with van der Waals surface area (Å²) in [7, 11) is 0. The van der Waals surface area contributed by atoms with Gasteiger partial charge in [-0.15, -0.1) is 0 Å². The van der Waals surface area contributed by atoms with Crippen molar-refractivity contribution >= 4 is 6.08 Å². The molecular formula is C22H18N2O. The molecule has 3 heteroatoms. The van der Waals surface area contributed by atoms with Crippen LogP contribution in [-0.4, -0.2) is 0 Å². The number of nitriles is 1. The standard InChI is InChI=1S/C22H18N2O/c23-14-19-20(16-9-5-2-6-10-16)18-12-11-17(21(18)25-22(19)24)13-15-7-3-1-4-8-15/h1-10,13,20H,11-12,24H2/b17-13-. The first-order valence-corrected chi connectivity index (χ1v) is 8.39. The summed E-state index contributed by atoms with van der Waals surface area (Å²) in [6.45, 7) is 0. The van der Waals surface area contributed by atoms with E-state index in [0.717, 1.165) is 40.9 Å². The van der Waals surface area contributed by atoms with E-state index < -0.39 is 0 Å². The molecule has 2 aliphatic rings. The van der Waals surface area contributed by atoms with Crippen LogP contribution in [0.15, 0.2) is 89.0 Å². The molecule has 0 radical (unpaired) electrons. The van der Waals surface area contributed by atoms with Crippen LogP contribution in [0.4, 0.5) is 0 Å². The van der Waals surface area contributed by atoms with E-state index in [-0.39, 0.29) is 11.8 Å². The van der Waals surface area contributed by atoms with Crippen LogP contribution in [0.25, 0.3) is 6.08 Å². The first kappa shape index (κ1) is 15.3. The minimum atomic E-state index is -0.114. The highest BCUT2D eigenvalue weighted by Gasteiger charge is 2.36. The minimum Gasteiger partial charge on any atom is -0.440 e. The molecule has 1 unspecified atom stereocenters. The maximum absolute atomic E-state index is 9.61. The lowest BCUT2D eigenvalue weighted by Gasteiger charge is -2.26. The summed E-state index contributed by atoms with van der Waals surface area (Å²) >= 11 is 0. The third kappa shape index (κ3) is 2.72. The first-order chi connectivity index (χ1) is 12.3. The molecule has 0 fully saturated rings. The number of nitrogens with zero attached hydrogens (tertiary/aromatic N) is 1. The van der Waals surface area contributed by atoms with E-state index in [1.165, 1.54) is 0 Å². The van der Waals surface area contributed by atoms with E-state index >= 15 is 0 Å². The maximum atomic E-state index is 9.61. The molecule has 122 valence electrons. The summed E-state index contributed by atoms with van der Waals surface area (Å²) in [4.78, 5) is 0. The Balaban J connectivity index is 1.81. The Morgan fingerprint density at radius 1 is 1.00 bits per heavy atom. The molecule has 0 saturated heterocycles. The molecule has 3 nitrogen and oxygen atoms in total. The van der Waals surface area contributed by atoms with E-state index in [1.807, 2.05) is 48.5 Å². The second-order valence-electron chi connectivity index (χ2n) is 6.27. The number of rotatable bonds is 2. The molecule has 1 aliphatic carbocycles. The highest BCUT2D eigenvalue weighted by molar-refractivity contribution is 5.63. The zero-order chi connectivity index (χ0) is 17.2. The largest absolute Gasteiger partial charge is 0.440 e. The van der Waals surface area contributed by atoms with E-state index in [9.17, 15) is 5.26 Å². The molecule has 25 heavy (non-hydrogen) atoms. The third-order valence-electron chi connectivity index (χ3n) is 4.76. The van der Waals surface area contributed by atoms with Crippen LogP contribution in [0.1, 0.15) is 29.9 Å². The van der Waals surface area contributed by atoms with Crippen LogP contribution in [0.2, 0.25) is 0 Å². The smallest absolute Gasteiger partial charge is 0.205 e. The summed E-state index contributed by atoms with van der Waals surface area (Å²) in [6.07, 6.45) is 3.93. The second-order valence-corrected chi connectivity index (χ2v) is 6.27. The summed E-state index contributed by atoms with van der Waals surface area (Å²) in [6, 6.07) is 22.5. The van der Waals surface area contributed by atoms with Crippen LogP contribution in [0.3, 0.4) is 0 Å². The number of allylic oxidation sites excluding steroid dienone is 3. The number of hydrogen-bond donors (Lipinski definition) is 1. The maximum Gasteiger partial charge on any atom is 0.205 e. The van der Waals surface area contributed by atoms with Crippen molar-refractivity contribution in [1.29, 1.82) is 5.26 Å². The molecule has 0 saturated carbocycles. The topological polar surface area (TPSA) is 59.0 Å². The zero-order valence-electron chi connectivity index (χ0n) is 13.8. The van der Waals surface area contributed by atoms with Gasteiger partial charge in [0.05, 0.1) is 0 Å². The van der Waals surface area contributed by atoms with Gasteiger partial charge in [-0.05, 0) is 41.2 Å². The molecule has 1 atom stereocenters. The molecule has 1 heterocycles. The highest BCUT2D eigenvalue weighted by atomic mass is 16.5. The predicted octanol–water partition coefficient (Wildman–Crippen LogP) is 4.63. The summed E-state index contributed by atoms with van der Waals surface area (Å²) in [5, 5.41) is 9.61. The predicted molar refractivity (Wildman–Crippen MR) is 97.8 cm³/mol. The Labute approximate surface area is 147 Å². The lowest BCUT2D eigenvalue weighted by molar-refractivity contribution is 0.292. The number of nitrogens with two attached hydrogens (primary N) is 1. The Morgan fingerprint density at radius 2 is 1.68 bits per heavy atom. The highest BCUT2D eigenvalue weighted by Crippen LogP contribution is 2.48. The van der Waals surface area contributed by atoms with Crippen molar-refractivity contribution in [3.63, 3.8) is 0 Å². The van der Waals surface area contributed by atoms with E-state index in [0.29, 0.717) is 5.57 Å². The molecular weight excluding hydrogens is 308 g/mol. The Hall–Kier alpha value is -3.25. The number of benzene rings is 2. The normalized spacial score (nSPS) is 21.1. The molecule has 1 aliphatic heterocycles. The van der Waals surface area contributed by atoms with Crippen molar-refractivity contribution < 1.29 is 4.74 Å². The van der Waals surface area contributed by atoms with Gasteiger partial charge in [-0.25, -0.2) is 0 Å². The quantitative estimate of drug-likeness (QED) is 0.875. The van der Waals surface area contributed by atoms with Crippen molar-refractivity contribution in [3.8, 4) is 6.07 Å². The van der Waals surface area contributed by atoms with Gasteiger partial charge in [0, 0.05) is 5.92 Å². The fourth-order valence-corrected chi connectivity index (χ4v) is 3.61. The SMILES string of the molecule is N#CC1=C(N)OC2=C(CC/C2=C/c2ccccc2)C1c1ccccc1.